The first-order valence-corrected chi connectivity index (χ1v) is 11.3. The fourth-order valence-corrected chi connectivity index (χ4v) is 4.55. The number of nitrogens with one attached hydrogen (secondary N) is 1. The molecule has 0 aliphatic carbocycles. The molecule has 6 heteroatoms. The van der Waals surface area contributed by atoms with Crippen LogP contribution in [-0.4, -0.2) is 40.2 Å². The van der Waals surface area contributed by atoms with Crippen LogP contribution in [0.25, 0.3) is 0 Å². The van der Waals surface area contributed by atoms with Gasteiger partial charge in [-0.3, -0.25) is 9.48 Å². The van der Waals surface area contributed by atoms with Gasteiger partial charge in [0, 0.05) is 43.7 Å². The van der Waals surface area contributed by atoms with E-state index < -0.39 is 0 Å². The highest BCUT2D eigenvalue weighted by Gasteiger charge is 2.39. The molecule has 1 unspecified atom stereocenters. The zero-order chi connectivity index (χ0) is 22.5. The fraction of sp³-hybridized carbons (Fsp3) is 0.385. The molecule has 1 aromatic heterocycles. The minimum atomic E-state index is -0.143. The lowest BCUT2D eigenvalue weighted by Crippen LogP contribution is -2.34. The smallest absolute Gasteiger partial charge is 0.223 e. The van der Waals surface area contributed by atoms with Gasteiger partial charge in [-0.1, -0.05) is 48.5 Å². The number of hydrogen-bond acceptors (Lipinski definition) is 3. The molecule has 0 spiro atoms. The molecule has 1 saturated heterocycles. The Balaban J connectivity index is 1.36. The number of benzene rings is 2. The van der Waals surface area contributed by atoms with Crippen molar-refractivity contribution in [2.45, 2.75) is 44.8 Å². The van der Waals surface area contributed by atoms with Crippen LogP contribution in [0.1, 0.15) is 42.5 Å². The maximum Gasteiger partial charge on any atom is 0.223 e. The van der Waals surface area contributed by atoms with E-state index in [2.05, 4.69) is 35.7 Å². The average Bonchev–Trinajstić information content (AvgIpc) is 3.36. The molecule has 0 bridgehead atoms. The molecule has 2 aromatic carbocycles. The minimum Gasteiger partial charge on any atom is -0.338 e. The summed E-state index contributed by atoms with van der Waals surface area (Å²) in [6, 6.07) is 17.4. The van der Waals surface area contributed by atoms with Crippen molar-refractivity contribution >= 4 is 5.91 Å². The lowest BCUT2D eigenvalue weighted by Gasteiger charge is -2.25. The van der Waals surface area contributed by atoms with Gasteiger partial charge in [0.05, 0.1) is 18.8 Å². The van der Waals surface area contributed by atoms with Gasteiger partial charge >= 0.3 is 0 Å². The van der Waals surface area contributed by atoms with E-state index in [0.717, 1.165) is 24.1 Å². The number of carbonyl (C=O) groups excluding carboxylic acids is 1. The second-order valence-corrected chi connectivity index (χ2v) is 8.81. The maximum atomic E-state index is 13.9. The van der Waals surface area contributed by atoms with Gasteiger partial charge in [-0.15, -0.1) is 0 Å². The molecule has 5 nitrogen and oxygen atoms in total. The number of likely N-dealkylation sites (tertiary alicyclic amines) is 1. The zero-order valence-electron chi connectivity index (χ0n) is 18.7. The number of aryl methyl sites for hydroxylation is 1. The summed E-state index contributed by atoms with van der Waals surface area (Å²) in [5.74, 6) is 0.199. The van der Waals surface area contributed by atoms with E-state index in [4.69, 9.17) is 0 Å². The van der Waals surface area contributed by atoms with Gasteiger partial charge in [-0.25, -0.2) is 4.39 Å². The molecule has 3 atom stereocenters. The average molecular weight is 435 g/mol. The van der Waals surface area contributed by atoms with E-state index in [1.165, 1.54) is 11.6 Å². The Kier molecular flexibility index (Phi) is 7.00. The topological polar surface area (TPSA) is 50.2 Å². The van der Waals surface area contributed by atoms with Crippen LogP contribution < -0.4 is 5.32 Å². The lowest BCUT2D eigenvalue weighted by atomic mass is 9.95. The van der Waals surface area contributed by atoms with Gasteiger partial charge < -0.3 is 10.2 Å². The van der Waals surface area contributed by atoms with Crippen molar-refractivity contribution in [1.82, 2.24) is 20.0 Å². The van der Waals surface area contributed by atoms with E-state index in [0.29, 0.717) is 19.4 Å². The number of amides is 1. The molecule has 3 aromatic rings. The predicted octanol–water partition coefficient (Wildman–Crippen LogP) is 4.20. The van der Waals surface area contributed by atoms with Crippen LogP contribution in [-0.2, 0) is 17.8 Å². The highest BCUT2D eigenvalue weighted by molar-refractivity contribution is 5.79. The van der Waals surface area contributed by atoms with Crippen LogP contribution in [0, 0.1) is 11.7 Å². The molecule has 1 amide bonds. The number of aromatic nitrogens is 2. The quantitative estimate of drug-likeness (QED) is 0.549. The third kappa shape index (κ3) is 5.25. The Labute approximate surface area is 189 Å². The Morgan fingerprint density at radius 3 is 2.69 bits per heavy atom. The first-order valence-electron chi connectivity index (χ1n) is 11.3. The number of nitrogens with zero attached hydrogens (tertiary/aromatic N) is 3. The standard InChI is InChI=1S/C26H31FN4O/c1-19(12-13-21-10-6-7-11-24(21)27)28-15-22-14-25(32)30(2)26(22)23-16-29-31(18-23)17-20-8-4-3-5-9-20/h3-11,16,18-19,22,26,28H,12-15,17H2,1-2H3/t19?,22-,26+/m0/s1. The van der Waals surface area contributed by atoms with E-state index in [1.54, 1.807) is 6.07 Å². The van der Waals surface area contributed by atoms with Crippen molar-refractivity contribution in [3.8, 4) is 0 Å². The van der Waals surface area contributed by atoms with Gasteiger partial charge in [-0.2, -0.15) is 5.10 Å². The largest absolute Gasteiger partial charge is 0.338 e. The second kappa shape index (κ2) is 10.1. The van der Waals surface area contributed by atoms with E-state index in [9.17, 15) is 9.18 Å². The zero-order valence-corrected chi connectivity index (χ0v) is 18.7. The summed E-state index contributed by atoms with van der Waals surface area (Å²) >= 11 is 0. The summed E-state index contributed by atoms with van der Waals surface area (Å²) in [6.07, 6.45) is 6.01. The Hall–Kier alpha value is -2.99. The van der Waals surface area contributed by atoms with Gasteiger partial charge in [0.1, 0.15) is 5.82 Å². The summed E-state index contributed by atoms with van der Waals surface area (Å²) < 4.78 is 15.8. The Morgan fingerprint density at radius 1 is 1.16 bits per heavy atom. The SMILES string of the molecule is CC(CCc1ccccc1F)NC[C@@H]1CC(=O)N(C)[C@H]1c1cnn(Cc2ccccc2)c1. The molecular formula is C26H31FN4O. The summed E-state index contributed by atoms with van der Waals surface area (Å²) in [6.45, 7) is 3.57. The fourth-order valence-electron chi connectivity index (χ4n) is 4.55. The molecule has 1 aliphatic heterocycles. The first kappa shape index (κ1) is 22.2. The van der Waals surface area contributed by atoms with Crippen molar-refractivity contribution in [2.24, 2.45) is 5.92 Å². The van der Waals surface area contributed by atoms with E-state index in [1.807, 2.05) is 53.2 Å². The van der Waals surface area contributed by atoms with Crippen LogP contribution in [0.2, 0.25) is 0 Å². The summed E-state index contributed by atoms with van der Waals surface area (Å²) in [4.78, 5) is 14.3. The molecule has 1 fully saturated rings. The van der Waals surface area contributed by atoms with Crippen LogP contribution in [0.15, 0.2) is 67.0 Å². The second-order valence-electron chi connectivity index (χ2n) is 8.81. The van der Waals surface area contributed by atoms with Crippen molar-refractivity contribution in [3.05, 3.63) is 89.5 Å². The number of hydrogen-bond donors (Lipinski definition) is 1. The van der Waals surface area contributed by atoms with Gasteiger partial charge in [-0.05, 0) is 37.0 Å². The first-order chi connectivity index (χ1) is 15.5. The normalized spacial score (nSPS) is 19.5. The highest BCUT2D eigenvalue weighted by Crippen LogP contribution is 2.36. The number of carbonyl (C=O) groups is 1. The molecule has 168 valence electrons. The van der Waals surface area contributed by atoms with Gasteiger partial charge in [0.15, 0.2) is 0 Å². The summed E-state index contributed by atoms with van der Waals surface area (Å²) in [5.41, 5.74) is 3.01. The van der Waals surface area contributed by atoms with Crippen LogP contribution in [0.4, 0.5) is 4.39 Å². The predicted molar refractivity (Wildman–Crippen MR) is 124 cm³/mol. The molecule has 0 saturated carbocycles. The molecule has 2 heterocycles. The monoisotopic (exact) mass is 434 g/mol. The lowest BCUT2D eigenvalue weighted by molar-refractivity contribution is -0.127. The number of rotatable bonds is 9. The highest BCUT2D eigenvalue weighted by atomic mass is 19.1. The van der Waals surface area contributed by atoms with Crippen LogP contribution in [0.5, 0.6) is 0 Å². The molecule has 4 rings (SSSR count). The van der Waals surface area contributed by atoms with Gasteiger partial charge in [0.2, 0.25) is 5.91 Å². The minimum absolute atomic E-state index is 0.0123. The van der Waals surface area contributed by atoms with Crippen molar-refractivity contribution in [2.75, 3.05) is 13.6 Å². The molecular weight excluding hydrogens is 403 g/mol. The molecule has 32 heavy (non-hydrogen) atoms. The van der Waals surface area contributed by atoms with Gasteiger partial charge in [0.25, 0.3) is 0 Å². The Bertz CT molecular complexity index is 1040. The third-order valence-corrected chi connectivity index (χ3v) is 6.41. The summed E-state index contributed by atoms with van der Waals surface area (Å²) in [5, 5.41) is 8.11. The maximum absolute atomic E-state index is 13.9. The summed E-state index contributed by atoms with van der Waals surface area (Å²) in [7, 11) is 1.88. The number of halogens is 1. The van der Waals surface area contributed by atoms with E-state index >= 15 is 0 Å². The Morgan fingerprint density at radius 2 is 1.91 bits per heavy atom. The van der Waals surface area contributed by atoms with Crippen LogP contribution in [0.3, 0.4) is 0 Å². The van der Waals surface area contributed by atoms with Crippen molar-refractivity contribution in [1.29, 1.82) is 0 Å². The third-order valence-electron chi connectivity index (χ3n) is 6.41. The molecule has 1 N–H and O–H groups in total. The van der Waals surface area contributed by atoms with Crippen molar-refractivity contribution < 1.29 is 9.18 Å². The molecule has 0 radical (unpaired) electrons. The van der Waals surface area contributed by atoms with Crippen LogP contribution >= 0.6 is 0 Å². The molecule has 1 aliphatic rings. The van der Waals surface area contributed by atoms with Crippen molar-refractivity contribution in [3.63, 3.8) is 0 Å². The van der Waals surface area contributed by atoms with E-state index in [-0.39, 0.29) is 29.7 Å².